The van der Waals surface area contributed by atoms with Crippen LogP contribution >= 0.6 is 0 Å². The van der Waals surface area contributed by atoms with Crippen molar-refractivity contribution in [3.8, 4) is 5.75 Å². The van der Waals surface area contributed by atoms with Gasteiger partial charge in [-0.25, -0.2) is 17.9 Å². The molecule has 1 aromatic carbocycles. The number of Topliss-reactive ketones (excluding diaryl/α,β-unsaturated/α-hetero) is 1. The number of fused-ring (bicyclic) bond motifs is 6. The van der Waals surface area contributed by atoms with Crippen LogP contribution in [0.1, 0.15) is 105 Å². The van der Waals surface area contributed by atoms with Gasteiger partial charge in [-0.1, -0.05) is 34.1 Å². The van der Waals surface area contributed by atoms with Crippen molar-refractivity contribution in [2.75, 3.05) is 6.61 Å². The first-order valence-electron chi connectivity index (χ1n) is 19.0. The Morgan fingerprint density at radius 2 is 1.71 bits per heavy atom. The van der Waals surface area contributed by atoms with E-state index < -0.39 is 24.4 Å². The highest BCUT2D eigenvalue weighted by Crippen LogP contribution is 2.69. The highest BCUT2D eigenvalue weighted by atomic mass is 32.2. The normalized spacial score (nSPS) is 37.5. The maximum atomic E-state index is 13.2. The van der Waals surface area contributed by atoms with Crippen LogP contribution in [0.4, 0.5) is 4.79 Å². The fraction of sp³-hybridized carbons (Fsp3) is 0.795. The third-order valence-electron chi connectivity index (χ3n) is 13.9. The summed E-state index contributed by atoms with van der Waals surface area (Å²) in [5, 5.41) is 0. The van der Waals surface area contributed by atoms with Crippen molar-refractivity contribution in [2.45, 2.75) is 142 Å². The molecule has 1 N–H and O–H groups in total. The molecule has 4 saturated carbocycles. The second kappa shape index (κ2) is 12.9. The molecule has 10 heteroatoms. The topological polar surface area (TPSA) is 108 Å². The van der Waals surface area contributed by atoms with Crippen LogP contribution in [0, 0.1) is 52.3 Å². The zero-order valence-electron chi connectivity index (χ0n) is 31.4. The number of rotatable bonds is 8. The number of ether oxygens (including phenoxy) is 2. The fourth-order valence-electron chi connectivity index (χ4n) is 11.6. The summed E-state index contributed by atoms with van der Waals surface area (Å²) in [7, 11) is -5.96. The maximum absolute atomic E-state index is 13.2. The Balaban J connectivity index is 1.15. The number of carbonyl (C=O) groups excluding carboxylic acids is 2. The van der Waals surface area contributed by atoms with Crippen LogP contribution in [0.15, 0.2) is 23.1 Å². The first-order valence-corrected chi connectivity index (χ1v) is 23.9. The van der Waals surface area contributed by atoms with E-state index in [0.29, 0.717) is 66.3 Å². The number of ketones is 1. The molecule has 49 heavy (non-hydrogen) atoms. The lowest BCUT2D eigenvalue weighted by Gasteiger charge is -2.65. The quantitative estimate of drug-likeness (QED) is 0.269. The van der Waals surface area contributed by atoms with Crippen LogP contribution in [-0.4, -0.2) is 46.9 Å². The molecule has 0 bridgehead atoms. The first kappa shape index (κ1) is 36.9. The van der Waals surface area contributed by atoms with Crippen LogP contribution in [0.5, 0.6) is 5.75 Å². The van der Waals surface area contributed by atoms with Gasteiger partial charge in [0, 0.05) is 12.8 Å². The predicted molar refractivity (Wildman–Crippen MR) is 193 cm³/mol. The zero-order valence-corrected chi connectivity index (χ0v) is 33.2. The summed E-state index contributed by atoms with van der Waals surface area (Å²) in [5.74, 6) is 3.87. The van der Waals surface area contributed by atoms with Crippen LogP contribution in [0.3, 0.4) is 0 Å². The van der Waals surface area contributed by atoms with E-state index in [-0.39, 0.29) is 40.0 Å². The van der Waals surface area contributed by atoms with E-state index >= 15 is 0 Å². The molecule has 1 unspecified atom stereocenters. The lowest BCUT2D eigenvalue weighted by molar-refractivity contribution is -0.190. The predicted octanol–water partition coefficient (Wildman–Crippen LogP) is 8.54. The molecule has 274 valence electrons. The number of aryl methyl sites for hydroxylation is 1. The van der Waals surface area contributed by atoms with Gasteiger partial charge in [0.25, 0.3) is 10.0 Å². The van der Waals surface area contributed by atoms with Crippen LogP contribution in [-0.2, 0) is 30.4 Å². The highest BCUT2D eigenvalue weighted by Gasteiger charge is 2.65. The van der Waals surface area contributed by atoms with Crippen LogP contribution in [0.25, 0.3) is 0 Å². The van der Waals surface area contributed by atoms with Gasteiger partial charge in [-0.2, -0.15) is 0 Å². The highest BCUT2D eigenvalue weighted by molar-refractivity contribution is 7.90. The number of sulfonamides is 1. The van der Waals surface area contributed by atoms with E-state index in [1.54, 1.807) is 12.1 Å². The molecule has 4 fully saturated rings. The van der Waals surface area contributed by atoms with Crippen molar-refractivity contribution in [1.29, 1.82) is 0 Å². The van der Waals surface area contributed by atoms with Gasteiger partial charge < -0.3 is 13.9 Å². The number of amides is 1. The Hall–Kier alpha value is -1.91. The van der Waals surface area contributed by atoms with Crippen molar-refractivity contribution < 1.29 is 31.9 Å². The largest absolute Gasteiger partial charge is 0.488 e. The second-order valence-electron chi connectivity index (χ2n) is 18.5. The smallest absolute Gasteiger partial charge is 0.421 e. The number of nitrogens with one attached hydrogen (secondary N) is 1. The molecule has 1 aliphatic heterocycles. The van der Waals surface area contributed by atoms with E-state index in [1.807, 2.05) is 13.8 Å². The van der Waals surface area contributed by atoms with Gasteiger partial charge in [0.1, 0.15) is 17.1 Å². The summed E-state index contributed by atoms with van der Waals surface area (Å²) < 4.78 is 47.4. The van der Waals surface area contributed by atoms with Crippen molar-refractivity contribution in [1.82, 2.24) is 4.72 Å². The Kier molecular flexibility index (Phi) is 9.74. The minimum atomic E-state index is -4.09. The molecule has 8 nitrogen and oxygen atoms in total. The summed E-state index contributed by atoms with van der Waals surface area (Å²) in [6.07, 6.45) is 8.67. The SMILES string of the molecule is CC[C@H]1C(O[Si](C)(C)C)[C@@H]2[C@H](CC[C@]3(C)[C@@H]([C@H](C)COC(=O)NS(=O)(=O)c4ccc5c(c4)CCC(C)(C)O5)CC[C@@H]23)[C@@]2(C)CCC(=O)C[C@@H]12. The van der Waals surface area contributed by atoms with Crippen molar-refractivity contribution >= 4 is 30.2 Å². The first-order chi connectivity index (χ1) is 22.8. The molecule has 0 spiro atoms. The van der Waals surface area contributed by atoms with Gasteiger partial charge in [-0.15, -0.1) is 0 Å². The summed E-state index contributed by atoms with van der Waals surface area (Å²) in [6, 6.07) is 4.75. The van der Waals surface area contributed by atoms with E-state index in [0.717, 1.165) is 50.5 Å². The number of carbonyl (C=O) groups is 2. The van der Waals surface area contributed by atoms with Gasteiger partial charge in [-0.05, 0) is 154 Å². The molecule has 10 atom stereocenters. The molecule has 4 aliphatic carbocycles. The lowest BCUT2D eigenvalue weighted by Crippen LogP contribution is -2.63. The minimum absolute atomic E-state index is 0.0358. The molecular formula is C39H61NO7SSi. The summed E-state index contributed by atoms with van der Waals surface area (Å²) >= 11 is 0. The standard InChI is InChI=1S/C39H61NO7SSi/c1-10-28-32-22-26(41)16-19-39(32,6)31-17-20-38(5)29(12-13-30(38)34(31)35(28)47-49(7,8)9)24(2)23-45-36(42)40-48(43,44)27-11-14-33-25(21-27)15-18-37(3,4)46-33/h11,14,21,24,28-32,34-35H,10,12-13,15-20,22-23H2,1-9H3,(H,40,42)/t24-,28-,29-,30+,31+,32+,34+,35?,38-,39-/m1/s1. The van der Waals surface area contributed by atoms with E-state index in [1.165, 1.54) is 6.07 Å². The molecule has 6 rings (SSSR count). The molecule has 1 heterocycles. The molecule has 0 saturated heterocycles. The summed E-state index contributed by atoms with van der Waals surface area (Å²) in [5.41, 5.74) is 0.778. The van der Waals surface area contributed by atoms with Gasteiger partial charge in [0.05, 0.1) is 17.6 Å². The molecule has 1 aromatic rings. The summed E-state index contributed by atoms with van der Waals surface area (Å²) in [6.45, 7) is 20.6. The van der Waals surface area contributed by atoms with Gasteiger partial charge in [0.15, 0.2) is 8.32 Å². The van der Waals surface area contributed by atoms with Gasteiger partial charge in [-0.3, -0.25) is 4.79 Å². The number of hydrogen-bond acceptors (Lipinski definition) is 7. The van der Waals surface area contributed by atoms with E-state index in [4.69, 9.17) is 13.9 Å². The lowest BCUT2D eigenvalue weighted by atomic mass is 9.41. The van der Waals surface area contributed by atoms with E-state index in [2.05, 4.69) is 52.1 Å². The zero-order chi connectivity index (χ0) is 35.7. The van der Waals surface area contributed by atoms with Gasteiger partial charge >= 0.3 is 6.09 Å². The molecule has 0 aromatic heterocycles. The Bertz CT molecular complexity index is 1550. The van der Waals surface area contributed by atoms with Crippen LogP contribution < -0.4 is 9.46 Å². The second-order valence-corrected chi connectivity index (χ2v) is 24.6. The third-order valence-corrected chi connectivity index (χ3v) is 16.2. The Labute approximate surface area is 296 Å². The summed E-state index contributed by atoms with van der Waals surface area (Å²) in [4.78, 5) is 25.8. The average Bonchev–Trinajstić information content (AvgIpc) is 3.36. The Morgan fingerprint density at radius 3 is 2.41 bits per heavy atom. The molecule has 1 amide bonds. The van der Waals surface area contributed by atoms with Crippen LogP contribution in [0.2, 0.25) is 19.6 Å². The van der Waals surface area contributed by atoms with E-state index in [9.17, 15) is 18.0 Å². The Morgan fingerprint density at radius 1 is 1.00 bits per heavy atom. The molecule has 0 radical (unpaired) electrons. The maximum Gasteiger partial charge on any atom is 0.421 e. The number of hydrogen-bond donors (Lipinski definition) is 1. The number of benzene rings is 1. The van der Waals surface area contributed by atoms with Crippen molar-refractivity contribution in [3.05, 3.63) is 23.8 Å². The third kappa shape index (κ3) is 6.88. The fourth-order valence-corrected chi connectivity index (χ4v) is 13.7. The van der Waals surface area contributed by atoms with Crippen molar-refractivity contribution in [3.63, 3.8) is 0 Å². The van der Waals surface area contributed by atoms with Gasteiger partial charge in [0.2, 0.25) is 0 Å². The van der Waals surface area contributed by atoms with Crippen molar-refractivity contribution in [2.24, 2.45) is 52.3 Å². The average molecular weight is 716 g/mol. The minimum Gasteiger partial charge on any atom is -0.488 e. The monoisotopic (exact) mass is 715 g/mol. The molecular weight excluding hydrogens is 655 g/mol. The molecule has 5 aliphatic rings.